The van der Waals surface area contributed by atoms with Crippen molar-refractivity contribution in [1.82, 2.24) is 0 Å². The third-order valence-electron chi connectivity index (χ3n) is 2.54. The number of anilines is 1. The maximum absolute atomic E-state index is 5.91. The van der Waals surface area contributed by atoms with Crippen LogP contribution >= 0.6 is 27.5 Å². The lowest BCUT2D eigenvalue weighted by Gasteiger charge is -2.38. The fourth-order valence-electron chi connectivity index (χ4n) is 1.47. The molecule has 1 saturated heterocycles. The molecule has 82 valence electrons. The van der Waals surface area contributed by atoms with Crippen LogP contribution < -0.4 is 5.32 Å². The zero-order chi connectivity index (χ0) is 10.9. The highest BCUT2D eigenvalue weighted by Gasteiger charge is 2.32. The molecular weight excluding hydrogens is 277 g/mol. The minimum absolute atomic E-state index is 0.284. The Morgan fingerprint density at radius 1 is 1.53 bits per heavy atom. The van der Waals surface area contributed by atoms with Crippen molar-refractivity contribution in [2.24, 2.45) is 5.41 Å². The molecule has 1 aromatic rings. The van der Waals surface area contributed by atoms with Gasteiger partial charge in [-0.05, 0) is 34.1 Å². The van der Waals surface area contributed by atoms with E-state index in [0.717, 1.165) is 34.9 Å². The molecule has 1 aliphatic rings. The lowest BCUT2D eigenvalue weighted by atomic mass is 9.89. The molecule has 2 nitrogen and oxygen atoms in total. The highest BCUT2D eigenvalue weighted by molar-refractivity contribution is 9.10. The van der Waals surface area contributed by atoms with Gasteiger partial charge in [-0.25, -0.2) is 0 Å². The van der Waals surface area contributed by atoms with Crippen LogP contribution in [0.5, 0.6) is 0 Å². The molecule has 0 atom stereocenters. The van der Waals surface area contributed by atoms with Gasteiger partial charge in [-0.1, -0.05) is 18.5 Å². The van der Waals surface area contributed by atoms with Gasteiger partial charge in [0.05, 0.1) is 18.2 Å². The molecule has 0 bridgehead atoms. The zero-order valence-electron chi connectivity index (χ0n) is 8.52. The second kappa shape index (κ2) is 4.32. The Balaban J connectivity index is 1.96. The topological polar surface area (TPSA) is 21.3 Å². The van der Waals surface area contributed by atoms with Crippen molar-refractivity contribution < 1.29 is 4.74 Å². The lowest BCUT2D eigenvalue weighted by molar-refractivity contribution is -0.0924. The molecule has 0 radical (unpaired) electrons. The quantitative estimate of drug-likeness (QED) is 0.919. The van der Waals surface area contributed by atoms with Crippen molar-refractivity contribution in [3.63, 3.8) is 0 Å². The molecule has 1 aliphatic heterocycles. The third-order valence-corrected chi connectivity index (χ3v) is 3.75. The first-order chi connectivity index (χ1) is 7.09. The highest BCUT2D eigenvalue weighted by atomic mass is 79.9. The van der Waals surface area contributed by atoms with Crippen molar-refractivity contribution >= 4 is 33.2 Å². The fraction of sp³-hybridized carbons (Fsp3) is 0.455. The van der Waals surface area contributed by atoms with Gasteiger partial charge in [-0.2, -0.15) is 0 Å². The smallest absolute Gasteiger partial charge is 0.0559 e. The molecule has 1 fully saturated rings. The molecular formula is C11H13BrClNO. The van der Waals surface area contributed by atoms with Gasteiger partial charge in [-0.15, -0.1) is 0 Å². The normalized spacial score (nSPS) is 18.3. The van der Waals surface area contributed by atoms with Crippen LogP contribution in [-0.2, 0) is 4.74 Å². The van der Waals surface area contributed by atoms with Crippen LogP contribution in [0.15, 0.2) is 22.7 Å². The molecule has 1 heterocycles. The van der Waals surface area contributed by atoms with Crippen LogP contribution in [0.3, 0.4) is 0 Å². The Kier molecular flexibility index (Phi) is 3.24. The summed E-state index contributed by atoms with van der Waals surface area (Å²) in [5.41, 5.74) is 1.37. The van der Waals surface area contributed by atoms with Crippen LogP contribution in [0.2, 0.25) is 5.02 Å². The Hall–Kier alpha value is -0.250. The first-order valence-corrected chi connectivity index (χ1v) is 6.03. The zero-order valence-corrected chi connectivity index (χ0v) is 10.9. The van der Waals surface area contributed by atoms with Crippen molar-refractivity contribution in [2.45, 2.75) is 6.92 Å². The Labute approximate surface area is 103 Å². The Morgan fingerprint density at radius 3 is 2.80 bits per heavy atom. The molecule has 1 N–H and O–H groups in total. The number of rotatable bonds is 3. The van der Waals surface area contributed by atoms with Crippen LogP contribution in [-0.4, -0.2) is 19.8 Å². The summed E-state index contributed by atoms with van der Waals surface area (Å²) in [6.07, 6.45) is 0. The SMILES string of the molecule is CC1(CNc2ccc(Cl)c(Br)c2)COC1. The van der Waals surface area contributed by atoms with E-state index in [9.17, 15) is 0 Å². The van der Waals surface area contributed by atoms with Gasteiger partial charge in [0.25, 0.3) is 0 Å². The molecule has 0 amide bonds. The number of hydrogen-bond donors (Lipinski definition) is 1. The van der Waals surface area contributed by atoms with Gasteiger partial charge in [-0.3, -0.25) is 0 Å². The van der Waals surface area contributed by atoms with E-state index >= 15 is 0 Å². The molecule has 4 heteroatoms. The molecule has 0 spiro atoms. The molecule has 0 aromatic heterocycles. The van der Waals surface area contributed by atoms with Gasteiger partial charge in [0.1, 0.15) is 0 Å². The fourth-order valence-corrected chi connectivity index (χ4v) is 1.97. The molecule has 0 saturated carbocycles. The first kappa shape index (κ1) is 11.2. The van der Waals surface area contributed by atoms with Crippen LogP contribution in [0.4, 0.5) is 5.69 Å². The van der Waals surface area contributed by atoms with E-state index < -0.39 is 0 Å². The van der Waals surface area contributed by atoms with E-state index in [1.165, 1.54) is 0 Å². The Morgan fingerprint density at radius 2 is 2.27 bits per heavy atom. The number of benzene rings is 1. The van der Waals surface area contributed by atoms with Gasteiger partial charge < -0.3 is 10.1 Å². The lowest BCUT2D eigenvalue weighted by Crippen LogP contribution is -2.45. The maximum Gasteiger partial charge on any atom is 0.0559 e. The van der Waals surface area contributed by atoms with Gasteiger partial charge in [0.2, 0.25) is 0 Å². The first-order valence-electron chi connectivity index (χ1n) is 4.86. The predicted molar refractivity (Wildman–Crippen MR) is 66.6 cm³/mol. The van der Waals surface area contributed by atoms with Crippen molar-refractivity contribution in [2.75, 3.05) is 25.1 Å². The van der Waals surface area contributed by atoms with Gasteiger partial charge in [0, 0.05) is 22.1 Å². The van der Waals surface area contributed by atoms with Crippen molar-refractivity contribution in [1.29, 1.82) is 0 Å². The van der Waals surface area contributed by atoms with Gasteiger partial charge in [0.15, 0.2) is 0 Å². The number of nitrogens with one attached hydrogen (secondary N) is 1. The number of hydrogen-bond acceptors (Lipinski definition) is 2. The summed E-state index contributed by atoms with van der Waals surface area (Å²) in [4.78, 5) is 0. The average molecular weight is 291 g/mol. The highest BCUT2D eigenvalue weighted by Crippen LogP contribution is 2.29. The largest absolute Gasteiger partial charge is 0.384 e. The summed E-state index contributed by atoms with van der Waals surface area (Å²) in [6.45, 7) is 4.83. The van der Waals surface area contributed by atoms with Crippen LogP contribution in [0.25, 0.3) is 0 Å². The number of ether oxygens (including phenoxy) is 1. The standard InChI is InChI=1S/C11H13BrClNO/c1-11(6-15-7-11)5-14-8-2-3-10(13)9(12)4-8/h2-4,14H,5-7H2,1H3. The molecule has 1 aromatic carbocycles. The molecule has 0 aliphatic carbocycles. The monoisotopic (exact) mass is 289 g/mol. The summed E-state index contributed by atoms with van der Waals surface area (Å²) >= 11 is 9.32. The van der Waals surface area contributed by atoms with E-state index in [4.69, 9.17) is 16.3 Å². The third kappa shape index (κ3) is 2.65. The predicted octanol–water partition coefficient (Wildman–Crippen LogP) is 3.55. The molecule has 15 heavy (non-hydrogen) atoms. The van der Waals surface area contributed by atoms with E-state index in [-0.39, 0.29) is 5.41 Å². The summed E-state index contributed by atoms with van der Waals surface area (Å²) in [5.74, 6) is 0. The van der Waals surface area contributed by atoms with Crippen molar-refractivity contribution in [3.8, 4) is 0 Å². The molecule has 2 rings (SSSR count). The second-order valence-electron chi connectivity index (χ2n) is 4.29. The summed E-state index contributed by atoms with van der Waals surface area (Å²) < 4.78 is 6.12. The maximum atomic E-state index is 5.91. The van der Waals surface area contributed by atoms with E-state index in [1.54, 1.807) is 0 Å². The van der Waals surface area contributed by atoms with Crippen molar-refractivity contribution in [3.05, 3.63) is 27.7 Å². The Bertz CT molecular complexity index is 366. The average Bonchev–Trinajstić information content (AvgIpc) is 2.17. The summed E-state index contributed by atoms with van der Waals surface area (Å²) in [5, 5.41) is 4.12. The van der Waals surface area contributed by atoms with Crippen LogP contribution in [0, 0.1) is 5.41 Å². The molecule has 0 unspecified atom stereocenters. The second-order valence-corrected chi connectivity index (χ2v) is 5.55. The minimum atomic E-state index is 0.284. The van der Waals surface area contributed by atoms with Crippen LogP contribution in [0.1, 0.15) is 6.92 Å². The minimum Gasteiger partial charge on any atom is -0.384 e. The van der Waals surface area contributed by atoms with Gasteiger partial charge >= 0.3 is 0 Å². The van der Waals surface area contributed by atoms with E-state index in [1.807, 2.05) is 18.2 Å². The summed E-state index contributed by atoms with van der Waals surface area (Å²) in [6, 6.07) is 5.86. The summed E-state index contributed by atoms with van der Waals surface area (Å²) in [7, 11) is 0. The number of halogens is 2. The van der Waals surface area contributed by atoms with E-state index in [2.05, 4.69) is 28.2 Å². The van der Waals surface area contributed by atoms with E-state index in [0.29, 0.717) is 0 Å².